The third kappa shape index (κ3) is 3.19. The highest BCUT2D eigenvalue weighted by atomic mass is 16.5. The lowest BCUT2D eigenvalue weighted by atomic mass is 9.93. The summed E-state index contributed by atoms with van der Waals surface area (Å²) >= 11 is 0. The number of carbonyl (C=O) groups is 1. The minimum absolute atomic E-state index is 0.244. The lowest BCUT2D eigenvalue weighted by Gasteiger charge is -2.38. The normalized spacial score (nSPS) is 27.1. The molecule has 98 valence electrons. The third-order valence-electron chi connectivity index (χ3n) is 3.96. The van der Waals surface area contributed by atoms with Gasteiger partial charge in [-0.1, -0.05) is 0 Å². The fraction of sp³-hybridized carbons (Fsp3) is 0.923. The first-order valence-electron chi connectivity index (χ1n) is 6.83. The molecule has 0 aliphatic carbocycles. The summed E-state index contributed by atoms with van der Waals surface area (Å²) in [6.07, 6.45) is 5.47. The molecular weight excluding hydrogens is 216 g/mol. The van der Waals surface area contributed by atoms with Crippen LogP contribution in [-0.2, 0) is 9.53 Å². The van der Waals surface area contributed by atoms with Gasteiger partial charge in [-0.25, -0.2) is 0 Å². The molecule has 1 amide bonds. The zero-order valence-electron chi connectivity index (χ0n) is 10.8. The van der Waals surface area contributed by atoms with Gasteiger partial charge in [-0.05, 0) is 45.2 Å². The van der Waals surface area contributed by atoms with Gasteiger partial charge in [0.05, 0.1) is 12.6 Å². The highest BCUT2D eigenvalue weighted by Gasteiger charge is 2.31. The van der Waals surface area contributed by atoms with Crippen molar-refractivity contribution in [2.24, 2.45) is 5.92 Å². The molecule has 1 atom stereocenters. The average Bonchev–Trinajstić information content (AvgIpc) is 2.40. The van der Waals surface area contributed by atoms with Gasteiger partial charge in [0.25, 0.3) is 0 Å². The fourth-order valence-corrected chi connectivity index (χ4v) is 2.96. The number of nitrogens with one attached hydrogen (secondary N) is 1. The summed E-state index contributed by atoms with van der Waals surface area (Å²) in [7, 11) is 1.72. The molecule has 4 heteroatoms. The van der Waals surface area contributed by atoms with E-state index in [0.29, 0.717) is 18.6 Å². The minimum atomic E-state index is 0.244. The van der Waals surface area contributed by atoms with Crippen LogP contribution in [0.1, 0.15) is 32.1 Å². The van der Waals surface area contributed by atoms with Crippen molar-refractivity contribution in [3.63, 3.8) is 0 Å². The summed E-state index contributed by atoms with van der Waals surface area (Å²) in [5.41, 5.74) is 0. The van der Waals surface area contributed by atoms with Gasteiger partial charge >= 0.3 is 0 Å². The van der Waals surface area contributed by atoms with E-state index in [4.69, 9.17) is 4.74 Å². The average molecular weight is 240 g/mol. The number of ether oxygens (including phenoxy) is 1. The first-order chi connectivity index (χ1) is 8.33. The molecule has 2 fully saturated rings. The maximum absolute atomic E-state index is 12.5. The molecule has 1 N–H and O–H groups in total. The Morgan fingerprint density at radius 3 is 2.76 bits per heavy atom. The van der Waals surface area contributed by atoms with Crippen LogP contribution in [-0.4, -0.2) is 50.2 Å². The standard InChI is InChI=1S/C13H24N2O2/c1-17-10-12-4-2-3-9-15(12)13(16)11-5-7-14-8-6-11/h11-12,14H,2-10H2,1H3/t12-/m0/s1. The van der Waals surface area contributed by atoms with Crippen molar-refractivity contribution in [2.75, 3.05) is 33.4 Å². The predicted molar refractivity (Wildman–Crippen MR) is 66.8 cm³/mol. The van der Waals surface area contributed by atoms with E-state index in [9.17, 15) is 4.79 Å². The van der Waals surface area contributed by atoms with Crippen LogP contribution >= 0.6 is 0 Å². The molecule has 0 saturated carbocycles. The second kappa shape index (κ2) is 6.36. The van der Waals surface area contributed by atoms with Crippen molar-refractivity contribution in [1.29, 1.82) is 0 Å². The van der Waals surface area contributed by atoms with Crippen LogP contribution in [0.4, 0.5) is 0 Å². The SMILES string of the molecule is COC[C@@H]1CCCCN1C(=O)C1CCNCC1. The van der Waals surface area contributed by atoms with Gasteiger partial charge in [0, 0.05) is 19.6 Å². The molecule has 17 heavy (non-hydrogen) atoms. The zero-order valence-corrected chi connectivity index (χ0v) is 10.8. The highest BCUT2D eigenvalue weighted by molar-refractivity contribution is 5.79. The van der Waals surface area contributed by atoms with E-state index < -0.39 is 0 Å². The number of carbonyl (C=O) groups excluding carboxylic acids is 1. The van der Waals surface area contributed by atoms with E-state index in [1.807, 2.05) is 0 Å². The van der Waals surface area contributed by atoms with E-state index in [1.54, 1.807) is 7.11 Å². The van der Waals surface area contributed by atoms with Crippen LogP contribution in [0.5, 0.6) is 0 Å². The van der Waals surface area contributed by atoms with Gasteiger partial charge in [0.15, 0.2) is 0 Å². The molecule has 2 saturated heterocycles. The second-order valence-corrected chi connectivity index (χ2v) is 5.16. The van der Waals surface area contributed by atoms with Crippen molar-refractivity contribution in [1.82, 2.24) is 10.2 Å². The van der Waals surface area contributed by atoms with Gasteiger partial charge in [-0.2, -0.15) is 0 Å². The molecule has 0 aromatic rings. The summed E-state index contributed by atoms with van der Waals surface area (Å²) in [5, 5.41) is 3.31. The Balaban J connectivity index is 1.94. The number of likely N-dealkylation sites (tertiary alicyclic amines) is 1. The largest absolute Gasteiger partial charge is 0.383 e. The smallest absolute Gasteiger partial charge is 0.226 e. The molecule has 2 heterocycles. The number of rotatable bonds is 3. The van der Waals surface area contributed by atoms with Crippen LogP contribution < -0.4 is 5.32 Å². The first-order valence-corrected chi connectivity index (χ1v) is 6.83. The van der Waals surface area contributed by atoms with Crippen LogP contribution in [0.2, 0.25) is 0 Å². The first kappa shape index (κ1) is 12.8. The van der Waals surface area contributed by atoms with E-state index in [1.165, 1.54) is 6.42 Å². The summed E-state index contributed by atoms with van der Waals surface area (Å²) < 4.78 is 5.24. The third-order valence-corrected chi connectivity index (χ3v) is 3.96. The summed E-state index contributed by atoms with van der Waals surface area (Å²) in [4.78, 5) is 14.6. The van der Waals surface area contributed by atoms with Crippen molar-refractivity contribution in [3.8, 4) is 0 Å². The Labute approximate surface area is 104 Å². The molecule has 0 unspecified atom stereocenters. The second-order valence-electron chi connectivity index (χ2n) is 5.16. The summed E-state index contributed by atoms with van der Waals surface area (Å²) in [6, 6.07) is 0.316. The summed E-state index contributed by atoms with van der Waals surface area (Å²) in [6.45, 7) is 3.59. The monoisotopic (exact) mass is 240 g/mol. The van der Waals surface area contributed by atoms with E-state index >= 15 is 0 Å². The van der Waals surface area contributed by atoms with Crippen LogP contribution in [0.25, 0.3) is 0 Å². The number of hydrogen-bond acceptors (Lipinski definition) is 3. The highest BCUT2D eigenvalue weighted by Crippen LogP contribution is 2.23. The van der Waals surface area contributed by atoms with Crippen molar-refractivity contribution in [2.45, 2.75) is 38.1 Å². The minimum Gasteiger partial charge on any atom is -0.383 e. The molecule has 2 rings (SSSR count). The van der Waals surface area contributed by atoms with Crippen LogP contribution in [0, 0.1) is 5.92 Å². The van der Waals surface area contributed by atoms with Gasteiger partial charge in [0.1, 0.15) is 0 Å². The number of piperidine rings is 2. The zero-order chi connectivity index (χ0) is 12.1. The Morgan fingerprint density at radius 2 is 2.06 bits per heavy atom. The molecule has 2 aliphatic heterocycles. The summed E-state index contributed by atoms with van der Waals surface area (Å²) in [5.74, 6) is 0.613. The topological polar surface area (TPSA) is 41.6 Å². The van der Waals surface area contributed by atoms with Crippen LogP contribution in [0.15, 0.2) is 0 Å². The molecule has 2 aliphatic rings. The Bertz CT molecular complexity index is 250. The fourth-order valence-electron chi connectivity index (χ4n) is 2.96. The van der Waals surface area contributed by atoms with Gasteiger partial charge in [-0.3, -0.25) is 4.79 Å². The molecule has 0 aromatic carbocycles. The van der Waals surface area contributed by atoms with E-state index in [2.05, 4.69) is 10.2 Å². The lowest BCUT2D eigenvalue weighted by Crippen LogP contribution is -2.49. The lowest BCUT2D eigenvalue weighted by molar-refractivity contribution is -0.141. The number of nitrogens with zero attached hydrogens (tertiary/aromatic N) is 1. The molecule has 0 bridgehead atoms. The van der Waals surface area contributed by atoms with Crippen molar-refractivity contribution >= 4 is 5.91 Å². The molecule has 4 nitrogen and oxygen atoms in total. The number of amides is 1. The van der Waals surface area contributed by atoms with Gasteiger partial charge in [-0.15, -0.1) is 0 Å². The molecule has 0 aromatic heterocycles. The Kier molecular flexibility index (Phi) is 4.80. The van der Waals surface area contributed by atoms with E-state index in [0.717, 1.165) is 45.3 Å². The maximum Gasteiger partial charge on any atom is 0.226 e. The Hall–Kier alpha value is -0.610. The number of hydrogen-bond donors (Lipinski definition) is 1. The molecule has 0 radical (unpaired) electrons. The van der Waals surface area contributed by atoms with Crippen LogP contribution in [0.3, 0.4) is 0 Å². The van der Waals surface area contributed by atoms with Gasteiger partial charge in [0.2, 0.25) is 5.91 Å². The van der Waals surface area contributed by atoms with E-state index in [-0.39, 0.29) is 5.92 Å². The van der Waals surface area contributed by atoms with Gasteiger partial charge < -0.3 is 15.0 Å². The predicted octanol–water partition coefficient (Wildman–Crippen LogP) is 1.01. The molecule has 0 spiro atoms. The quantitative estimate of drug-likeness (QED) is 0.800. The Morgan fingerprint density at radius 1 is 1.29 bits per heavy atom. The van der Waals surface area contributed by atoms with Crippen molar-refractivity contribution < 1.29 is 9.53 Å². The van der Waals surface area contributed by atoms with Crippen molar-refractivity contribution in [3.05, 3.63) is 0 Å². The maximum atomic E-state index is 12.5. The number of methoxy groups -OCH3 is 1. The molecular formula is C13H24N2O2.